The fraction of sp³-hybridized carbons (Fsp3) is 0.318. The second kappa shape index (κ2) is 9.64. The van der Waals surface area contributed by atoms with Gasteiger partial charge in [0.2, 0.25) is 15.9 Å². The van der Waals surface area contributed by atoms with Gasteiger partial charge in [0.15, 0.2) is 5.16 Å². The van der Waals surface area contributed by atoms with Crippen LogP contribution < -0.4 is 10.9 Å². The molecular formula is C22H24N4O5S2. The molecule has 0 spiro atoms. The number of nitrogens with one attached hydrogen (secondary N) is 1. The standard InChI is InChI=1S/C22H24N4O5S2/c1-15(32-22-24-19-6-4-3-5-18(19)21(28)25(22)2)20(27)23-16-7-9-17(10-8-16)33(29,30)26-11-13-31-14-12-26/h3-10,15H,11-14H2,1-2H3,(H,23,27)/t15-/m1/s1. The van der Waals surface area contributed by atoms with E-state index in [1.165, 1.54) is 32.8 Å². The first-order valence-corrected chi connectivity index (χ1v) is 12.7. The molecule has 33 heavy (non-hydrogen) atoms. The number of hydrogen-bond acceptors (Lipinski definition) is 7. The molecule has 2 heterocycles. The Morgan fingerprint density at radius 1 is 1.12 bits per heavy atom. The molecular weight excluding hydrogens is 464 g/mol. The van der Waals surface area contributed by atoms with Crippen molar-refractivity contribution in [2.24, 2.45) is 7.05 Å². The van der Waals surface area contributed by atoms with Gasteiger partial charge in [-0.25, -0.2) is 13.4 Å². The summed E-state index contributed by atoms with van der Waals surface area (Å²) in [5.41, 5.74) is 0.884. The average Bonchev–Trinajstić information content (AvgIpc) is 2.83. The smallest absolute Gasteiger partial charge is 0.261 e. The van der Waals surface area contributed by atoms with Gasteiger partial charge in [-0.3, -0.25) is 14.2 Å². The predicted octanol–water partition coefficient (Wildman–Crippen LogP) is 2.07. The van der Waals surface area contributed by atoms with Crippen LogP contribution in [-0.4, -0.2) is 59.7 Å². The Labute approximate surface area is 195 Å². The third-order valence-electron chi connectivity index (χ3n) is 5.32. The number of nitrogens with zero attached hydrogens (tertiary/aromatic N) is 3. The van der Waals surface area contributed by atoms with Crippen molar-refractivity contribution in [1.82, 2.24) is 13.9 Å². The third-order valence-corrected chi connectivity index (χ3v) is 8.38. The second-order valence-electron chi connectivity index (χ2n) is 7.57. The number of para-hydroxylation sites is 1. The van der Waals surface area contributed by atoms with Crippen LogP contribution in [0.1, 0.15) is 6.92 Å². The van der Waals surface area contributed by atoms with E-state index < -0.39 is 15.3 Å². The maximum Gasteiger partial charge on any atom is 0.261 e. The number of fused-ring (bicyclic) bond motifs is 1. The quantitative estimate of drug-likeness (QED) is 0.418. The number of benzene rings is 2. The van der Waals surface area contributed by atoms with E-state index >= 15 is 0 Å². The molecule has 1 amide bonds. The highest BCUT2D eigenvalue weighted by Crippen LogP contribution is 2.24. The van der Waals surface area contributed by atoms with Crippen molar-refractivity contribution in [2.45, 2.75) is 22.2 Å². The maximum absolute atomic E-state index is 12.7. The lowest BCUT2D eigenvalue weighted by Gasteiger charge is -2.26. The fourth-order valence-corrected chi connectivity index (χ4v) is 5.69. The van der Waals surface area contributed by atoms with Crippen molar-refractivity contribution in [2.75, 3.05) is 31.6 Å². The highest BCUT2D eigenvalue weighted by Gasteiger charge is 2.26. The van der Waals surface area contributed by atoms with E-state index in [2.05, 4.69) is 10.3 Å². The molecule has 0 saturated carbocycles. The van der Waals surface area contributed by atoms with Gasteiger partial charge in [-0.2, -0.15) is 4.31 Å². The molecule has 1 fully saturated rings. The lowest BCUT2D eigenvalue weighted by molar-refractivity contribution is -0.115. The molecule has 0 unspecified atom stereocenters. The molecule has 0 radical (unpaired) electrons. The number of carbonyl (C=O) groups is 1. The van der Waals surface area contributed by atoms with E-state index in [1.54, 1.807) is 44.3 Å². The van der Waals surface area contributed by atoms with Crippen LogP contribution in [-0.2, 0) is 26.6 Å². The molecule has 9 nitrogen and oxygen atoms in total. The molecule has 1 aliphatic rings. The SMILES string of the molecule is C[C@@H](Sc1nc2ccccc2c(=O)n1C)C(=O)Nc1ccc(S(=O)(=O)N2CCOCC2)cc1. The number of rotatable bonds is 6. The van der Waals surface area contributed by atoms with Gasteiger partial charge in [-0.15, -0.1) is 0 Å². The van der Waals surface area contributed by atoms with Gasteiger partial charge in [0.05, 0.1) is 34.3 Å². The minimum Gasteiger partial charge on any atom is -0.379 e. The van der Waals surface area contributed by atoms with Crippen LogP contribution in [0, 0.1) is 0 Å². The third kappa shape index (κ3) is 4.96. The Balaban J connectivity index is 1.45. The van der Waals surface area contributed by atoms with E-state index in [1.807, 2.05) is 6.07 Å². The Kier molecular flexibility index (Phi) is 6.84. The Morgan fingerprint density at radius 2 is 1.79 bits per heavy atom. The van der Waals surface area contributed by atoms with Gasteiger partial charge in [-0.05, 0) is 43.3 Å². The highest BCUT2D eigenvalue weighted by atomic mass is 32.2. The molecule has 1 atom stereocenters. The van der Waals surface area contributed by atoms with Gasteiger partial charge in [0, 0.05) is 25.8 Å². The number of carbonyl (C=O) groups excluding carboxylic acids is 1. The maximum atomic E-state index is 12.7. The summed E-state index contributed by atoms with van der Waals surface area (Å²) in [7, 11) is -1.97. The fourth-order valence-electron chi connectivity index (χ4n) is 3.40. The van der Waals surface area contributed by atoms with Gasteiger partial charge in [0.1, 0.15) is 0 Å². The minimum absolute atomic E-state index is 0.167. The van der Waals surface area contributed by atoms with Crippen molar-refractivity contribution < 1.29 is 17.9 Å². The predicted molar refractivity (Wildman–Crippen MR) is 127 cm³/mol. The summed E-state index contributed by atoms with van der Waals surface area (Å²) >= 11 is 1.18. The molecule has 0 aliphatic carbocycles. The number of ether oxygens (including phenoxy) is 1. The number of amides is 1. The molecule has 1 aromatic heterocycles. The Hall–Kier alpha value is -2.73. The van der Waals surface area contributed by atoms with Gasteiger partial charge in [-0.1, -0.05) is 23.9 Å². The molecule has 1 saturated heterocycles. The Bertz CT molecular complexity index is 1330. The number of thioether (sulfide) groups is 1. The first-order chi connectivity index (χ1) is 15.8. The topological polar surface area (TPSA) is 111 Å². The van der Waals surface area contributed by atoms with Crippen LogP contribution in [0.15, 0.2) is 63.4 Å². The number of anilines is 1. The average molecular weight is 489 g/mol. The summed E-state index contributed by atoms with van der Waals surface area (Å²) in [5, 5.41) is 3.21. The zero-order chi connectivity index (χ0) is 23.6. The van der Waals surface area contributed by atoms with E-state index in [0.717, 1.165) is 0 Å². The molecule has 11 heteroatoms. The van der Waals surface area contributed by atoms with Crippen molar-refractivity contribution in [3.8, 4) is 0 Å². The van der Waals surface area contributed by atoms with Crippen LogP contribution in [0.2, 0.25) is 0 Å². The molecule has 3 aromatic rings. The van der Waals surface area contributed by atoms with Gasteiger partial charge >= 0.3 is 0 Å². The normalized spacial score (nSPS) is 15.9. The lowest BCUT2D eigenvalue weighted by atomic mass is 10.2. The Morgan fingerprint density at radius 3 is 2.48 bits per heavy atom. The van der Waals surface area contributed by atoms with Gasteiger partial charge < -0.3 is 10.1 Å². The molecule has 1 aliphatic heterocycles. The van der Waals surface area contributed by atoms with Crippen molar-refractivity contribution in [3.05, 3.63) is 58.9 Å². The second-order valence-corrected chi connectivity index (χ2v) is 10.8. The lowest BCUT2D eigenvalue weighted by Crippen LogP contribution is -2.40. The van der Waals surface area contributed by atoms with Crippen LogP contribution in [0.5, 0.6) is 0 Å². The summed E-state index contributed by atoms with van der Waals surface area (Å²) in [4.78, 5) is 30.0. The number of hydrogen-bond donors (Lipinski definition) is 1. The first kappa shape index (κ1) is 23.4. The van der Waals surface area contributed by atoms with Crippen LogP contribution in [0.4, 0.5) is 5.69 Å². The van der Waals surface area contributed by atoms with E-state index in [4.69, 9.17) is 4.74 Å². The van der Waals surface area contributed by atoms with Crippen LogP contribution in [0.3, 0.4) is 0 Å². The number of sulfonamides is 1. The van der Waals surface area contributed by atoms with Crippen molar-refractivity contribution >= 4 is 44.3 Å². The molecule has 0 bridgehead atoms. The molecule has 1 N–H and O–H groups in total. The van der Waals surface area contributed by atoms with E-state index in [-0.39, 0.29) is 16.4 Å². The molecule has 4 rings (SSSR count). The summed E-state index contributed by atoms with van der Waals surface area (Å²) in [6, 6.07) is 13.2. The van der Waals surface area contributed by atoms with Gasteiger partial charge in [0.25, 0.3) is 5.56 Å². The number of morpholine rings is 1. The first-order valence-electron chi connectivity index (χ1n) is 10.4. The zero-order valence-electron chi connectivity index (χ0n) is 18.2. The van der Waals surface area contributed by atoms with Crippen LogP contribution in [0.25, 0.3) is 10.9 Å². The van der Waals surface area contributed by atoms with Crippen LogP contribution >= 0.6 is 11.8 Å². The minimum atomic E-state index is -3.60. The summed E-state index contributed by atoms with van der Waals surface area (Å²) in [6.45, 7) is 3.11. The molecule has 2 aromatic carbocycles. The highest BCUT2D eigenvalue weighted by molar-refractivity contribution is 8.00. The summed E-state index contributed by atoms with van der Waals surface area (Å²) < 4.78 is 33.5. The van der Waals surface area contributed by atoms with Crippen molar-refractivity contribution in [3.63, 3.8) is 0 Å². The molecule has 174 valence electrons. The van der Waals surface area contributed by atoms with E-state index in [0.29, 0.717) is 48.1 Å². The monoisotopic (exact) mass is 488 g/mol. The van der Waals surface area contributed by atoms with E-state index in [9.17, 15) is 18.0 Å². The van der Waals surface area contributed by atoms with Crippen molar-refractivity contribution in [1.29, 1.82) is 0 Å². The number of aromatic nitrogens is 2. The largest absolute Gasteiger partial charge is 0.379 e. The zero-order valence-corrected chi connectivity index (χ0v) is 19.9. The summed E-state index contributed by atoms with van der Waals surface area (Å²) in [5.74, 6) is -0.286. The summed E-state index contributed by atoms with van der Waals surface area (Å²) in [6.07, 6.45) is 0.